The maximum absolute atomic E-state index is 13.8. The first-order valence-electron chi connectivity index (χ1n) is 7.07. The van der Waals surface area contributed by atoms with E-state index in [0.29, 0.717) is 5.56 Å². The summed E-state index contributed by atoms with van der Waals surface area (Å²) in [6.07, 6.45) is -0.270. The molecule has 0 bridgehead atoms. The van der Waals surface area contributed by atoms with Crippen LogP contribution in [-0.2, 0) is 4.79 Å². The molecule has 0 heterocycles. The van der Waals surface area contributed by atoms with E-state index in [9.17, 15) is 18.0 Å². The van der Waals surface area contributed by atoms with Gasteiger partial charge in [0.15, 0.2) is 0 Å². The van der Waals surface area contributed by atoms with Crippen molar-refractivity contribution in [2.24, 2.45) is 11.7 Å². The van der Waals surface area contributed by atoms with Gasteiger partial charge in [-0.3, -0.25) is 4.79 Å². The fourth-order valence-electron chi connectivity index (χ4n) is 2.64. The monoisotopic (exact) mass is 325 g/mol. The van der Waals surface area contributed by atoms with Crippen molar-refractivity contribution >= 4 is 5.91 Å². The van der Waals surface area contributed by atoms with Crippen LogP contribution in [0.15, 0.2) is 36.4 Å². The van der Waals surface area contributed by atoms with Crippen molar-refractivity contribution < 1.29 is 22.7 Å². The van der Waals surface area contributed by atoms with Crippen LogP contribution in [0.1, 0.15) is 16.7 Å². The highest BCUT2D eigenvalue weighted by Gasteiger charge is 2.62. The number of ether oxygens (including phenoxy) is 1. The number of hydrogen-bond acceptors (Lipinski definition) is 2. The molecule has 23 heavy (non-hydrogen) atoms. The Labute approximate surface area is 132 Å². The van der Waals surface area contributed by atoms with Crippen LogP contribution in [0, 0.1) is 26.7 Å². The maximum atomic E-state index is 13.8. The van der Waals surface area contributed by atoms with Gasteiger partial charge in [0.2, 0.25) is 11.5 Å². The molecule has 0 aromatic heterocycles. The molecule has 1 aromatic carbocycles. The van der Waals surface area contributed by atoms with Gasteiger partial charge < -0.3 is 10.5 Å². The summed E-state index contributed by atoms with van der Waals surface area (Å²) in [5.41, 5.74) is 4.55. The van der Waals surface area contributed by atoms with Crippen LogP contribution in [0.3, 0.4) is 0 Å². The summed E-state index contributed by atoms with van der Waals surface area (Å²) in [6, 6.07) is 3.38. The van der Waals surface area contributed by atoms with Crippen molar-refractivity contribution in [3.63, 3.8) is 0 Å². The van der Waals surface area contributed by atoms with Crippen molar-refractivity contribution in [1.82, 2.24) is 0 Å². The number of primary amides is 1. The zero-order valence-electron chi connectivity index (χ0n) is 13.1. The molecule has 2 atom stereocenters. The lowest BCUT2D eigenvalue weighted by atomic mass is 9.82. The van der Waals surface area contributed by atoms with Gasteiger partial charge in [-0.15, -0.1) is 0 Å². The summed E-state index contributed by atoms with van der Waals surface area (Å²) in [7, 11) is 0. The molecule has 1 amide bonds. The summed E-state index contributed by atoms with van der Waals surface area (Å²) in [6.45, 7) is 5.23. The molecule has 2 unspecified atom stereocenters. The highest BCUT2D eigenvalue weighted by Crippen LogP contribution is 2.44. The largest absolute Gasteiger partial charge is 0.472 e. The van der Waals surface area contributed by atoms with Crippen molar-refractivity contribution in [2.45, 2.75) is 32.5 Å². The molecule has 0 radical (unpaired) electrons. The third-order valence-corrected chi connectivity index (χ3v) is 4.01. The predicted molar refractivity (Wildman–Crippen MR) is 81.0 cm³/mol. The van der Waals surface area contributed by atoms with E-state index in [0.717, 1.165) is 23.3 Å². The third kappa shape index (κ3) is 2.98. The lowest BCUT2D eigenvalue weighted by Gasteiger charge is -2.39. The first kappa shape index (κ1) is 17.1. The molecule has 6 heteroatoms. The van der Waals surface area contributed by atoms with E-state index >= 15 is 0 Å². The number of hydrogen-bond donors (Lipinski definition) is 1. The minimum Gasteiger partial charge on any atom is -0.472 e. The van der Waals surface area contributed by atoms with Gasteiger partial charge in [0, 0.05) is 0 Å². The van der Waals surface area contributed by atoms with E-state index in [2.05, 4.69) is 0 Å². The zero-order valence-corrected chi connectivity index (χ0v) is 13.1. The van der Waals surface area contributed by atoms with E-state index in [1.54, 1.807) is 20.8 Å². The van der Waals surface area contributed by atoms with Crippen molar-refractivity contribution in [3.8, 4) is 5.75 Å². The fourth-order valence-corrected chi connectivity index (χ4v) is 2.64. The van der Waals surface area contributed by atoms with E-state index in [-0.39, 0.29) is 5.75 Å². The van der Waals surface area contributed by atoms with Crippen LogP contribution in [0.5, 0.6) is 5.75 Å². The van der Waals surface area contributed by atoms with E-state index in [1.807, 2.05) is 6.07 Å². The normalized spacial score (nSPS) is 23.8. The lowest BCUT2D eigenvalue weighted by Crippen LogP contribution is -2.58. The Morgan fingerprint density at radius 2 is 1.87 bits per heavy atom. The molecule has 1 aliphatic carbocycles. The van der Waals surface area contributed by atoms with Crippen LogP contribution in [0.2, 0.25) is 0 Å². The molecule has 1 aromatic rings. The number of rotatable bonds is 3. The maximum Gasteiger partial charge on any atom is 0.433 e. The van der Waals surface area contributed by atoms with Crippen LogP contribution in [0.25, 0.3) is 0 Å². The van der Waals surface area contributed by atoms with Gasteiger partial charge in [-0.05, 0) is 49.6 Å². The number of nitrogens with two attached hydrogens (primary N) is 1. The van der Waals surface area contributed by atoms with Gasteiger partial charge in [-0.1, -0.05) is 24.3 Å². The number of alkyl halides is 3. The average Bonchev–Trinajstić information content (AvgIpc) is 2.43. The Bertz CT molecular complexity index is 692. The Kier molecular flexibility index (Phi) is 4.28. The molecule has 0 saturated carbocycles. The summed E-state index contributed by atoms with van der Waals surface area (Å²) in [5, 5.41) is 0. The summed E-state index contributed by atoms with van der Waals surface area (Å²) in [5.74, 6) is -2.64. The molecule has 2 rings (SSSR count). The third-order valence-electron chi connectivity index (χ3n) is 4.01. The van der Waals surface area contributed by atoms with Crippen LogP contribution in [0.4, 0.5) is 13.2 Å². The van der Waals surface area contributed by atoms with Gasteiger partial charge >= 0.3 is 6.18 Å². The molecule has 0 fully saturated rings. The zero-order chi connectivity index (χ0) is 17.4. The minimum absolute atomic E-state index is 0.0889. The highest BCUT2D eigenvalue weighted by atomic mass is 19.4. The Hall–Kier alpha value is -2.24. The van der Waals surface area contributed by atoms with Crippen LogP contribution < -0.4 is 10.5 Å². The van der Waals surface area contributed by atoms with E-state index < -0.39 is 23.6 Å². The Morgan fingerprint density at radius 3 is 2.43 bits per heavy atom. The molecule has 0 spiro atoms. The van der Waals surface area contributed by atoms with Crippen LogP contribution >= 0.6 is 0 Å². The fraction of sp³-hybridized carbons (Fsp3) is 0.353. The predicted octanol–water partition coefficient (Wildman–Crippen LogP) is 3.52. The first-order chi connectivity index (χ1) is 10.6. The Balaban J connectivity index is 2.60. The lowest BCUT2D eigenvalue weighted by molar-refractivity contribution is -0.240. The SMILES string of the molecule is Cc1cc(C)c(C)c(OC2(C(F)(F)F)C=CC=CC2C(N)=O)c1. The number of halogens is 3. The van der Waals surface area contributed by atoms with Gasteiger partial charge in [-0.2, -0.15) is 13.2 Å². The molecule has 2 N–H and O–H groups in total. The number of allylic oxidation sites excluding steroid dienone is 2. The van der Waals surface area contributed by atoms with Crippen molar-refractivity contribution in [3.05, 3.63) is 53.1 Å². The van der Waals surface area contributed by atoms with Gasteiger partial charge in [0.25, 0.3) is 0 Å². The quantitative estimate of drug-likeness (QED) is 0.924. The van der Waals surface area contributed by atoms with Crippen molar-refractivity contribution in [2.75, 3.05) is 0 Å². The summed E-state index contributed by atoms with van der Waals surface area (Å²) >= 11 is 0. The Morgan fingerprint density at radius 1 is 1.22 bits per heavy atom. The average molecular weight is 325 g/mol. The topological polar surface area (TPSA) is 52.3 Å². The van der Waals surface area contributed by atoms with Crippen molar-refractivity contribution in [1.29, 1.82) is 0 Å². The summed E-state index contributed by atoms with van der Waals surface area (Å²) < 4.78 is 46.8. The molecule has 0 aliphatic heterocycles. The van der Waals surface area contributed by atoms with Gasteiger partial charge in [0.05, 0.1) is 0 Å². The molecule has 0 saturated heterocycles. The van der Waals surface area contributed by atoms with E-state index in [1.165, 1.54) is 18.2 Å². The van der Waals surface area contributed by atoms with Gasteiger partial charge in [-0.25, -0.2) is 0 Å². The van der Waals surface area contributed by atoms with Crippen LogP contribution in [-0.4, -0.2) is 17.7 Å². The second kappa shape index (κ2) is 5.76. The molecule has 3 nitrogen and oxygen atoms in total. The highest BCUT2D eigenvalue weighted by molar-refractivity contribution is 5.81. The molecular weight excluding hydrogens is 307 g/mol. The van der Waals surface area contributed by atoms with E-state index in [4.69, 9.17) is 10.5 Å². The standard InChI is InChI=1S/C17H18F3NO2/c1-10-8-11(2)12(3)14(9-10)23-16(17(18,19)20)7-5-4-6-13(16)15(21)22/h4-9,13H,1-3H3,(H2,21,22). The number of carbonyl (C=O) groups is 1. The summed E-state index contributed by atoms with van der Waals surface area (Å²) in [4.78, 5) is 11.6. The van der Waals surface area contributed by atoms with Gasteiger partial charge in [0.1, 0.15) is 11.7 Å². The molecule has 124 valence electrons. The number of carbonyl (C=O) groups excluding carboxylic acids is 1. The number of aryl methyl sites for hydroxylation is 2. The smallest absolute Gasteiger partial charge is 0.433 e. The minimum atomic E-state index is -4.81. The molecule has 1 aliphatic rings. The molecular formula is C17H18F3NO2. The number of amides is 1. The number of benzene rings is 1. The second-order valence-corrected chi connectivity index (χ2v) is 5.72. The second-order valence-electron chi connectivity index (χ2n) is 5.72. The first-order valence-corrected chi connectivity index (χ1v) is 7.07.